The van der Waals surface area contributed by atoms with E-state index in [4.69, 9.17) is 0 Å². The van der Waals surface area contributed by atoms with E-state index in [0.29, 0.717) is 5.82 Å². The molecule has 0 aliphatic carbocycles. The van der Waals surface area contributed by atoms with Gasteiger partial charge in [0.25, 0.3) is 0 Å². The first-order valence-electron chi connectivity index (χ1n) is 6.43. The molecule has 20 heavy (non-hydrogen) atoms. The van der Waals surface area contributed by atoms with Crippen LogP contribution in [0.2, 0.25) is 0 Å². The highest BCUT2D eigenvalue weighted by atomic mass is 32.1. The maximum atomic E-state index is 11.9. The van der Waals surface area contributed by atoms with Crippen molar-refractivity contribution in [1.29, 1.82) is 0 Å². The Kier molecular flexibility index (Phi) is 4.09. The first-order chi connectivity index (χ1) is 9.36. The van der Waals surface area contributed by atoms with E-state index in [1.165, 1.54) is 6.08 Å². The first-order valence-corrected chi connectivity index (χ1v) is 7.31. The van der Waals surface area contributed by atoms with Crippen LogP contribution in [0.25, 0.3) is 6.08 Å². The van der Waals surface area contributed by atoms with Gasteiger partial charge in [0.1, 0.15) is 5.82 Å². The van der Waals surface area contributed by atoms with E-state index in [1.54, 1.807) is 22.1 Å². The lowest BCUT2D eigenvalue weighted by Gasteiger charge is -2.13. The van der Waals surface area contributed by atoms with Gasteiger partial charge in [0.05, 0.1) is 5.69 Å². The quantitative estimate of drug-likeness (QED) is 0.880. The molecule has 5 heteroatoms. The summed E-state index contributed by atoms with van der Waals surface area (Å²) in [4.78, 5) is 12.9. The number of nitrogens with one attached hydrogen (secondary N) is 1. The summed E-state index contributed by atoms with van der Waals surface area (Å²) in [7, 11) is 1.83. The highest BCUT2D eigenvalue weighted by Gasteiger charge is 2.19. The van der Waals surface area contributed by atoms with Gasteiger partial charge in [0.2, 0.25) is 5.91 Å². The van der Waals surface area contributed by atoms with E-state index in [9.17, 15) is 4.79 Å². The van der Waals surface area contributed by atoms with Gasteiger partial charge < -0.3 is 5.32 Å². The minimum absolute atomic E-state index is 0.0342. The van der Waals surface area contributed by atoms with Crippen LogP contribution in [0, 0.1) is 0 Å². The number of hydrogen-bond acceptors (Lipinski definition) is 3. The minimum Gasteiger partial charge on any atom is -0.307 e. The largest absolute Gasteiger partial charge is 0.307 e. The number of nitrogens with zero attached hydrogens (tertiary/aromatic N) is 2. The minimum atomic E-state index is -0.151. The zero-order valence-electron chi connectivity index (χ0n) is 12.2. The number of carbonyl (C=O) groups excluding carboxylic acids is 1. The first kappa shape index (κ1) is 14.5. The van der Waals surface area contributed by atoms with Crippen molar-refractivity contribution in [3.05, 3.63) is 40.2 Å². The fourth-order valence-electron chi connectivity index (χ4n) is 1.66. The number of hydrogen-bond donors (Lipinski definition) is 1. The van der Waals surface area contributed by atoms with Gasteiger partial charge in [-0.3, -0.25) is 9.48 Å². The molecule has 1 amide bonds. The molecule has 0 atom stereocenters. The summed E-state index contributed by atoms with van der Waals surface area (Å²) in [5, 5.41) is 9.25. The van der Waals surface area contributed by atoms with Crippen molar-refractivity contribution in [1.82, 2.24) is 9.78 Å². The fraction of sp³-hybridized carbons (Fsp3) is 0.333. The predicted octanol–water partition coefficient (Wildman–Crippen LogP) is 3.43. The van der Waals surface area contributed by atoms with Crippen molar-refractivity contribution in [3.63, 3.8) is 0 Å². The summed E-state index contributed by atoms with van der Waals surface area (Å²) in [6.07, 6.45) is 3.34. The summed E-state index contributed by atoms with van der Waals surface area (Å²) in [6.45, 7) is 6.28. The van der Waals surface area contributed by atoms with Crippen LogP contribution in [0.5, 0.6) is 0 Å². The average molecular weight is 289 g/mol. The maximum Gasteiger partial charge on any atom is 0.249 e. The Bertz CT molecular complexity index is 618. The molecule has 0 radical (unpaired) electrons. The molecule has 0 saturated carbocycles. The van der Waals surface area contributed by atoms with Crippen molar-refractivity contribution >= 4 is 29.1 Å². The Labute approximate surface area is 123 Å². The fourth-order valence-corrected chi connectivity index (χ4v) is 2.28. The third-order valence-corrected chi connectivity index (χ3v) is 3.68. The van der Waals surface area contributed by atoms with E-state index >= 15 is 0 Å². The number of anilines is 1. The number of thiophene rings is 1. The smallest absolute Gasteiger partial charge is 0.249 e. The van der Waals surface area contributed by atoms with Crippen LogP contribution in [0.4, 0.5) is 5.82 Å². The topological polar surface area (TPSA) is 46.9 Å². The normalized spacial score (nSPS) is 12.0. The van der Waals surface area contributed by atoms with Gasteiger partial charge in [-0.05, 0) is 17.5 Å². The second-order valence-corrected chi connectivity index (χ2v) is 6.61. The van der Waals surface area contributed by atoms with Crippen LogP contribution in [-0.2, 0) is 17.3 Å². The highest BCUT2D eigenvalue weighted by molar-refractivity contribution is 7.10. The van der Waals surface area contributed by atoms with E-state index in [2.05, 4.69) is 31.2 Å². The van der Waals surface area contributed by atoms with Gasteiger partial charge in [-0.15, -0.1) is 11.3 Å². The van der Waals surface area contributed by atoms with Gasteiger partial charge in [-0.2, -0.15) is 5.10 Å². The molecule has 1 N–H and O–H groups in total. The van der Waals surface area contributed by atoms with Crippen molar-refractivity contribution in [2.24, 2.45) is 7.05 Å². The lowest BCUT2D eigenvalue weighted by atomic mass is 9.92. The summed E-state index contributed by atoms with van der Waals surface area (Å²) < 4.78 is 1.69. The Balaban J connectivity index is 2.06. The van der Waals surface area contributed by atoms with Crippen LogP contribution in [-0.4, -0.2) is 15.7 Å². The summed E-state index contributed by atoms with van der Waals surface area (Å²) in [6, 6.07) is 5.84. The molecule has 0 saturated heterocycles. The molecule has 106 valence electrons. The molecule has 0 aromatic carbocycles. The van der Waals surface area contributed by atoms with E-state index in [1.807, 2.05) is 30.6 Å². The van der Waals surface area contributed by atoms with Crippen LogP contribution in [0.15, 0.2) is 29.7 Å². The van der Waals surface area contributed by atoms with Crippen LogP contribution in [0.1, 0.15) is 31.3 Å². The van der Waals surface area contributed by atoms with E-state index in [0.717, 1.165) is 10.6 Å². The van der Waals surface area contributed by atoms with Gasteiger partial charge in [0.15, 0.2) is 0 Å². The molecule has 0 aliphatic heterocycles. The summed E-state index contributed by atoms with van der Waals surface area (Å²) in [5.41, 5.74) is 0.922. The Morgan fingerprint density at radius 3 is 2.75 bits per heavy atom. The number of carbonyl (C=O) groups is 1. The summed E-state index contributed by atoms with van der Waals surface area (Å²) >= 11 is 1.60. The van der Waals surface area contributed by atoms with E-state index in [-0.39, 0.29) is 11.3 Å². The molecule has 2 rings (SSSR count). The molecule has 0 aliphatic rings. The monoisotopic (exact) mass is 289 g/mol. The molecule has 4 nitrogen and oxygen atoms in total. The average Bonchev–Trinajstić information content (AvgIpc) is 2.96. The zero-order chi connectivity index (χ0) is 14.8. The van der Waals surface area contributed by atoms with E-state index < -0.39 is 0 Å². The number of aryl methyl sites for hydroxylation is 1. The Hall–Kier alpha value is -1.88. The number of amides is 1. The molecule has 2 aromatic rings. The number of aromatic nitrogens is 2. The Morgan fingerprint density at radius 1 is 1.45 bits per heavy atom. The number of rotatable bonds is 3. The van der Waals surface area contributed by atoms with Crippen LogP contribution < -0.4 is 5.32 Å². The molecule has 2 aromatic heterocycles. The molecule has 2 heterocycles. The molecule has 0 fully saturated rings. The molecular formula is C15H19N3OS. The van der Waals surface area contributed by atoms with Crippen molar-refractivity contribution in [3.8, 4) is 0 Å². The van der Waals surface area contributed by atoms with Crippen molar-refractivity contribution in [2.45, 2.75) is 26.2 Å². The third-order valence-electron chi connectivity index (χ3n) is 2.84. The predicted molar refractivity (Wildman–Crippen MR) is 83.9 cm³/mol. The van der Waals surface area contributed by atoms with Crippen LogP contribution >= 0.6 is 11.3 Å². The van der Waals surface area contributed by atoms with Gasteiger partial charge in [-0.1, -0.05) is 26.8 Å². The molecule has 0 bridgehead atoms. The Morgan fingerprint density at radius 2 is 2.20 bits per heavy atom. The second kappa shape index (κ2) is 5.63. The molecule has 0 unspecified atom stereocenters. The zero-order valence-corrected chi connectivity index (χ0v) is 13.0. The van der Waals surface area contributed by atoms with Gasteiger partial charge >= 0.3 is 0 Å². The van der Waals surface area contributed by atoms with Crippen LogP contribution in [0.3, 0.4) is 0 Å². The van der Waals surface area contributed by atoms with Crippen molar-refractivity contribution in [2.75, 3.05) is 5.32 Å². The molecule has 0 spiro atoms. The standard InChI is InChI=1S/C15H19N3OS/c1-15(2,3)12-10-13(18(4)17-12)16-14(19)8-7-11-6-5-9-20-11/h5-10H,1-4H3,(H,16,19). The highest BCUT2D eigenvalue weighted by Crippen LogP contribution is 2.23. The lowest BCUT2D eigenvalue weighted by molar-refractivity contribution is -0.111. The third kappa shape index (κ3) is 3.57. The summed E-state index contributed by atoms with van der Waals surface area (Å²) in [5.74, 6) is 0.553. The lowest BCUT2D eigenvalue weighted by Crippen LogP contribution is -2.12. The van der Waals surface area contributed by atoms with Crippen molar-refractivity contribution < 1.29 is 4.79 Å². The second-order valence-electron chi connectivity index (χ2n) is 5.63. The SMILES string of the molecule is Cn1nc(C(C)(C)C)cc1NC(=O)C=Cc1cccs1. The van der Waals surface area contributed by atoms with Gasteiger partial charge in [-0.25, -0.2) is 0 Å². The maximum absolute atomic E-state index is 11.9. The molecular weight excluding hydrogens is 270 g/mol. The van der Waals surface area contributed by atoms with Gasteiger partial charge in [0, 0.05) is 29.5 Å².